The first-order valence-corrected chi connectivity index (χ1v) is 10.0. The maximum Gasteiger partial charge on any atom is 0.238 e. The summed E-state index contributed by atoms with van der Waals surface area (Å²) in [5.74, 6) is 2.07. The highest BCUT2D eigenvalue weighted by atomic mass is 16.5. The molecule has 1 aliphatic heterocycles. The Morgan fingerprint density at radius 3 is 2.38 bits per heavy atom. The van der Waals surface area contributed by atoms with E-state index in [4.69, 9.17) is 14.2 Å². The molecular weight excluding hydrogens is 368 g/mol. The lowest BCUT2D eigenvalue weighted by Gasteiger charge is -2.30. The number of methoxy groups -OCH3 is 3. The Bertz CT molecular complexity index is 807. The molecule has 3 rings (SSSR count). The largest absolute Gasteiger partial charge is 0.497 e. The van der Waals surface area contributed by atoms with Crippen LogP contribution in [0.5, 0.6) is 17.2 Å². The molecule has 0 aliphatic carbocycles. The van der Waals surface area contributed by atoms with Crippen molar-refractivity contribution < 1.29 is 19.0 Å². The van der Waals surface area contributed by atoms with E-state index < -0.39 is 0 Å². The molecule has 29 heavy (non-hydrogen) atoms. The highest BCUT2D eigenvalue weighted by molar-refractivity contribution is 5.93. The highest BCUT2D eigenvalue weighted by Crippen LogP contribution is 2.32. The van der Waals surface area contributed by atoms with E-state index in [-0.39, 0.29) is 11.9 Å². The van der Waals surface area contributed by atoms with Gasteiger partial charge in [-0.05, 0) is 49.2 Å². The van der Waals surface area contributed by atoms with Crippen molar-refractivity contribution in [1.29, 1.82) is 0 Å². The first kappa shape index (κ1) is 21.0. The van der Waals surface area contributed by atoms with E-state index in [1.807, 2.05) is 18.2 Å². The fraction of sp³-hybridized carbons (Fsp3) is 0.435. The number of rotatable bonds is 7. The molecule has 0 bridgehead atoms. The maximum absolute atomic E-state index is 12.8. The Labute approximate surface area is 172 Å². The first-order chi connectivity index (χ1) is 14.1. The second-order valence-electron chi connectivity index (χ2n) is 7.22. The SMILES string of the molecule is COc1ccc([C@@H]2CCCCCN2CC(=O)Nc2ccc(OC)cc2OC)cc1. The van der Waals surface area contributed by atoms with Crippen LogP contribution in [0.1, 0.15) is 37.3 Å². The van der Waals surface area contributed by atoms with Gasteiger partial charge >= 0.3 is 0 Å². The second kappa shape index (κ2) is 10.2. The third-order valence-electron chi connectivity index (χ3n) is 5.39. The third-order valence-corrected chi connectivity index (χ3v) is 5.39. The molecule has 1 aliphatic rings. The number of amides is 1. The Hall–Kier alpha value is -2.73. The number of hydrogen-bond acceptors (Lipinski definition) is 5. The van der Waals surface area contributed by atoms with Crippen molar-refractivity contribution in [3.63, 3.8) is 0 Å². The quantitative estimate of drug-likeness (QED) is 0.755. The van der Waals surface area contributed by atoms with Gasteiger partial charge in [0.05, 0.1) is 33.6 Å². The van der Waals surface area contributed by atoms with E-state index in [0.717, 1.165) is 25.1 Å². The third kappa shape index (κ3) is 5.41. The van der Waals surface area contributed by atoms with Crippen LogP contribution in [0.4, 0.5) is 5.69 Å². The van der Waals surface area contributed by atoms with Crippen molar-refractivity contribution in [2.75, 3.05) is 39.7 Å². The number of nitrogens with one attached hydrogen (secondary N) is 1. The van der Waals surface area contributed by atoms with Crippen molar-refractivity contribution in [1.82, 2.24) is 4.90 Å². The van der Waals surface area contributed by atoms with Gasteiger partial charge in [0.2, 0.25) is 5.91 Å². The summed E-state index contributed by atoms with van der Waals surface area (Å²) in [4.78, 5) is 15.1. The zero-order chi connectivity index (χ0) is 20.6. The molecule has 0 saturated carbocycles. The van der Waals surface area contributed by atoms with Crippen molar-refractivity contribution in [2.24, 2.45) is 0 Å². The summed E-state index contributed by atoms with van der Waals surface area (Å²) < 4.78 is 15.9. The van der Waals surface area contributed by atoms with Crippen LogP contribution in [-0.2, 0) is 4.79 Å². The number of ether oxygens (including phenoxy) is 3. The molecule has 0 radical (unpaired) electrons. The second-order valence-corrected chi connectivity index (χ2v) is 7.22. The average molecular weight is 399 g/mol. The van der Waals surface area contributed by atoms with E-state index in [1.165, 1.54) is 18.4 Å². The average Bonchev–Trinajstić information content (AvgIpc) is 2.99. The summed E-state index contributed by atoms with van der Waals surface area (Å²) in [6, 6.07) is 13.8. The number of anilines is 1. The lowest BCUT2D eigenvalue weighted by molar-refractivity contribution is -0.117. The van der Waals surface area contributed by atoms with Gasteiger partial charge in [-0.2, -0.15) is 0 Å². The number of carbonyl (C=O) groups excluding carboxylic acids is 1. The summed E-state index contributed by atoms with van der Waals surface area (Å²) in [6.45, 7) is 1.25. The number of carbonyl (C=O) groups is 1. The van der Waals surface area contributed by atoms with Crippen LogP contribution < -0.4 is 19.5 Å². The molecule has 2 aromatic rings. The summed E-state index contributed by atoms with van der Waals surface area (Å²) in [7, 11) is 4.86. The summed E-state index contributed by atoms with van der Waals surface area (Å²) in [6.07, 6.45) is 4.51. The smallest absolute Gasteiger partial charge is 0.238 e. The number of nitrogens with zero attached hydrogens (tertiary/aromatic N) is 1. The van der Waals surface area contributed by atoms with E-state index in [1.54, 1.807) is 33.5 Å². The summed E-state index contributed by atoms with van der Waals surface area (Å²) in [5.41, 5.74) is 1.87. The predicted molar refractivity (Wildman–Crippen MR) is 114 cm³/mol. The van der Waals surface area contributed by atoms with Gasteiger partial charge in [-0.15, -0.1) is 0 Å². The molecule has 156 valence electrons. The van der Waals surface area contributed by atoms with Crippen LogP contribution >= 0.6 is 0 Å². The first-order valence-electron chi connectivity index (χ1n) is 10.0. The Balaban J connectivity index is 1.72. The van der Waals surface area contributed by atoms with Gasteiger partial charge in [0.25, 0.3) is 0 Å². The molecule has 1 atom stereocenters. The van der Waals surface area contributed by atoms with Crippen molar-refractivity contribution >= 4 is 11.6 Å². The number of likely N-dealkylation sites (tertiary alicyclic amines) is 1. The van der Waals surface area contributed by atoms with E-state index in [9.17, 15) is 4.79 Å². The van der Waals surface area contributed by atoms with Gasteiger partial charge in [-0.1, -0.05) is 25.0 Å². The minimum absolute atomic E-state index is 0.0473. The molecule has 1 saturated heterocycles. The van der Waals surface area contributed by atoms with Gasteiger partial charge in [-0.25, -0.2) is 0 Å². The molecule has 1 amide bonds. The predicted octanol–water partition coefficient (Wildman–Crippen LogP) is 4.27. The Morgan fingerprint density at radius 2 is 1.69 bits per heavy atom. The van der Waals surface area contributed by atoms with Gasteiger partial charge in [0, 0.05) is 12.1 Å². The van der Waals surface area contributed by atoms with Gasteiger partial charge in [0.1, 0.15) is 17.2 Å². The molecule has 0 unspecified atom stereocenters. The fourth-order valence-electron chi connectivity index (χ4n) is 3.84. The topological polar surface area (TPSA) is 60.0 Å². The fourth-order valence-corrected chi connectivity index (χ4v) is 3.84. The summed E-state index contributed by atoms with van der Waals surface area (Å²) >= 11 is 0. The molecule has 0 spiro atoms. The van der Waals surface area contributed by atoms with Gasteiger partial charge < -0.3 is 19.5 Å². The van der Waals surface area contributed by atoms with E-state index in [2.05, 4.69) is 22.3 Å². The lowest BCUT2D eigenvalue weighted by Crippen LogP contribution is -2.36. The van der Waals surface area contributed by atoms with Crippen LogP contribution in [-0.4, -0.2) is 45.2 Å². The van der Waals surface area contributed by atoms with E-state index in [0.29, 0.717) is 23.7 Å². The Kier molecular flexibility index (Phi) is 7.36. The molecule has 0 aromatic heterocycles. The van der Waals surface area contributed by atoms with Crippen LogP contribution in [0.2, 0.25) is 0 Å². The van der Waals surface area contributed by atoms with Gasteiger partial charge in [0.15, 0.2) is 0 Å². The number of benzene rings is 2. The van der Waals surface area contributed by atoms with Gasteiger partial charge in [-0.3, -0.25) is 9.69 Å². The minimum Gasteiger partial charge on any atom is -0.497 e. The lowest BCUT2D eigenvalue weighted by atomic mass is 10.0. The summed E-state index contributed by atoms with van der Waals surface area (Å²) in [5, 5.41) is 2.99. The maximum atomic E-state index is 12.8. The molecule has 2 aromatic carbocycles. The minimum atomic E-state index is -0.0473. The van der Waals surface area contributed by atoms with Crippen LogP contribution in [0.3, 0.4) is 0 Å². The molecular formula is C23H30N2O4. The monoisotopic (exact) mass is 398 g/mol. The van der Waals surface area contributed by atoms with Crippen molar-refractivity contribution in [3.05, 3.63) is 48.0 Å². The molecule has 6 heteroatoms. The van der Waals surface area contributed by atoms with Crippen molar-refractivity contribution in [3.8, 4) is 17.2 Å². The molecule has 1 heterocycles. The molecule has 6 nitrogen and oxygen atoms in total. The highest BCUT2D eigenvalue weighted by Gasteiger charge is 2.25. The normalized spacial score (nSPS) is 17.3. The zero-order valence-corrected chi connectivity index (χ0v) is 17.4. The standard InChI is InChI=1S/C23H30N2O4/c1-27-18-10-8-17(9-11-18)21-7-5-4-6-14-25(21)16-23(26)24-20-13-12-19(28-2)15-22(20)29-3/h8-13,15,21H,4-7,14,16H2,1-3H3,(H,24,26)/t21-/m0/s1. The van der Waals surface area contributed by atoms with Crippen molar-refractivity contribution in [2.45, 2.75) is 31.7 Å². The zero-order valence-electron chi connectivity index (χ0n) is 17.4. The van der Waals surface area contributed by atoms with E-state index >= 15 is 0 Å². The molecule has 1 N–H and O–H groups in total. The Morgan fingerprint density at radius 1 is 0.966 bits per heavy atom. The van der Waals surface area contributed by atoms with Crippen LogP contribution in [0.15, 0.2) is 42.5 Å². The van der Waals surface area contributed by atoms with Crippen LogP contribution in [0.25, 0.3) is 0 Å². The van der Waals surface area contributed by atoms with Crippen LogP contribution in [0, 0.1) is 0 Å². The molecule has 1 fully saturated rings. The number of hydrogen-bond donors (Lipinski definition) is 1.